The van der Waals surface area contributed by atoms with Gasteiger partial charge in [-0.15, -0.1) is 0 Å². The molecule has 0 bridgehead atoms. The fourth-order valence-electron chi connectivity index (χ4n) is 6.03. The van der Waals surface area contributed by atoms with Crippen LogP contribution in [0.5, 0.6) is 0 Å². The Morgan fingerprint density at radius 1 is 1.00 bits per heavy atom. The van der Waals surface area contributed by atoms with Gasteiger partial charge in [-0.05, 0) is 74.1 Å². The molecule has 1 aromatic heterocycles. The minimum atomic E-state index is -2.31. The molecule has 8 heteroatoms. The molecule has 0 aromatic carbocycles. The number of carbonyl (C=O) groups excluding carboxylic acids is 2. The minimum absolute atomic E-state index is 0.0336. The molecule has 40 heavy (non-hydrogen) atoms. The maximum Gasteiger partial charge on any atom is 0.313 e. The first kappa shape index (κ1) is 33.0. The van der Waals surface area contributed by atoms with E-state index in [0.717, 1.165) is 6.42 Å². The van der Waals surface area contributed by atoms with Crippen LogP contribution in [0.15, 0.2) is 35.0 Å². The molecule has 3 rings (SSSR count). The van der Waals surface area contributed by atoms with Crippen LogP contribution in [0, 0.1) is 23.2 Å². The summed E-state index contributed by atoms with van der Waals surface area (Å²) < 4.78 is 26.0. The Hall–Kier alpha value is -1.49. The summed E-state index contributed by atoms with van der Waals surface area (Å²) in [7, 11) is -4.61. The van der Waals surface area contributed by atoms with Crippen LogP contribution < -0.4 is 0 Å². The highest BCUT2D eigenvalue weighted by molar-refractivity contribution is 6.74. The summed E-state index contributed by atoms with van der Waals surface area (Å²) in [6.45, 7) is 26.8. The second-order valence-electron chi connectivity index (χ2n) is 15.0. The van der Waals surface area contributed by atoms with Crippen LogP contribution in [0.2, 0.25) is 36.3 Å². The summed E-state index contributed by atoms with van der Waals surface area (Å²) >= 11 is 0. The number of hydrogen-bond donors (Lipinski definition) is 0. The van der Waals surface area contributed by atoms with E-state index in [1.807, 2.05) is 6.92 Å². The highest BCUT2D eigenvalue weighted by atomic mass is 28.4. The van der Waals surface area contributed by atoms with Crippen LogP contribution in [-0.4, -0.2) is 47.2 Å². The van der Waals surface area contributed by atoms with Gasteiger partial charge in [-0.25, -0.2) is 0 Å². The normalized spacial score (nSPS) is 29.6. The van der Waals surface area contributed by atoms with Crippen molar-refractivity contribution < 1.29 is 27.6 Å². The van der Waals surface area contributed by atoms with Crippen molar-refractivity contribution >= 4 is 28.4 Å². The lowest BCUT2D eigenvalue weighted by Gasteiger charge is -2.59. The number of ether oxygens (including phenoxy) is 1. The van der Waals surface area contributed by atoms with Gasteiger partial charge in [0, 0.05) is 18.3 Å². The highest BCUT2D eigenvalue weighted by Crippen LogP contribution is 2.58. The van der Waals surface area contributed by atoms with Crippen LogP contribution in [0.25, 0.3) is 0 Å². The predicted octanol–water partition coefficient (Wildman–Crippen LogP) is 8.41. The Balaban J connectivity index is 2.25. The third kappa shape index (κ3) is 6.15. The van der Waals surface area contributed by atoms with Gasteiger partial charge < -0.3 is 18.0 Å². The summed E-state index contributed by atoms with van der Waals surface area (Å²) in [6.07, 6.45) is 6.85. The molecule has 1 fully saturated rings. The number of esters is 1. The van der Waals surface area contributed by atoms with Crippen molar-refractivity contribution in [2.45, 2.75) is 123 Å². The molecule has 0 N–H and O–H groups in total. The third-order valence-electron chi connectivity index (χ3n) is 10.5. The van der Waals surface area contributed by atoms with Gasteiger partial charge in [0.25, 0.3) is 0 Å². The molecule has 226 valence electrons. The molecule has 0 amide bonds. The largest absolute Gasteiger partial charge is 0.466 e. The first-order valence-corrected chi connectivity index (χ1v) is 20.9. The Labute approximate surface area is 244 Å². The minimum Gasteiger partial charge on any atom is -0.466 e. The molecule has 2 aliphatic rings. The average Bonchev–Trinajstić information content (AvgIpc) is 3.37. The molecule has 6 nitrogen and oxygen atoms in total. The van der Waals surface area contributed by atoms with Crippen molar-refractivity contribution in [3.63, 3.8) is 0 Å². The Bertz CT molecular complexity index is 1060. The maximum atomic E-state index is 14.0. The molecular formula is C32H54O6Si2. The molecule has 0 saturated heterocycles. The monoisotopic (exact) mass is 590 g/mol. The Morgan fingerprint density at radius 2 is 1.57 bits per heavy atom. The maximum absolute atomic E-state index is 14.0. The zero-order valence-electron chi connectivity index (χ0n) is 27.1. The third-order valence-corrected chi connectivity index (χ3v) is 19.5. The van der Waals surface area contributed by atoms with Gasteiger partial charge in [0.2, 0.25) is 0 Å². The standard InChI is InChI=1S/C32H54O6Si2/c1-13-35-29(34)32-19-15-14-17-24(32)23(21-25(33)26-18-16-20-36-26)28(38-40(11,12)31(6,7)8)27(22(32)2)37-39(9,10)30(3,4)5/h14,16-18,20,22-24,27-28H,13,15,19,21H2,1-12H3/t22-,23+,24-,27-,28-,32-/m1/s1. The van der Waals surface area contributed by atoms with Crippen molar-refractivity contribution in [1.82, 2.24) is 0 Å². The van der Waals surface area contributed by atoms with Gasteiger partial charge in [0.05, 0.1) is 30.5 Å². The van der Waals surface area contributed by atoms with E-state index in [-0.39, 0.29) is 58.2 Å². The second kappa shape index (κ2) is 11.7. The van der Waals surface area contributed by atoms with E-state index in [4.69, 9.17) is 18.0 Å². The number of fused-ring (bicyclic) bond motifs is 1. The second-order valence-corrected chi connectivity index (χ2v) is 24.5. The lowest BCUT2D eigenvalue weighted by Crippen LogP contribution is -2.66. The predicted molar refractivity (Wildman–Crippen MR) is 165 cm³/mol. The molecule has 0 radical (unpaired) electrons. The van der Waals surface area contributed by atoms with E-state index in [0.29, 0.717) is 18.8 Å². The summed E-state index contributed by atoms with van der Waals surface area (Å²) in [5, 5.41) is -0.0699. The first-order valence-electron chi connectivity index (χ1n) is 15.1. The van der Waals surface area contributed by atoms with Gasteiger partial charge >= 0.3 is 5.97 Å². The van der Waals surface area contributed by atoms with Crippen LogP contribution in [0.1, 0.15) is 85.2 Å². The first-order chi connectivity index (χ1) is 18.3. The zero-order valence-corrected chi connectivity index (χ0v) is 29.1. The smallest absolute Gasteiger partial charge is 0.313 e. The molecule has 1 aromatic rings. The zero-order chi connectivity index (χ0) is 30.3. The van der Waals surface area contributed by atoms with Crippen LogP contribution in [0.3, 0.4) is 0 Å². The summed E-state index contributed by atoms with van der Waals surface area (Å²) in [6, 6.07) is 3.46. The van der Waals surface area contributed by atoms with Crippen LogP contribution >= 0.6 is 0 Å². The van der Waals surface area contributed by atoms with Gasteiger partial charge in [-0.3, -0.25) is 9.59 Å². The Kier molecular flexibility index (Phi) is 9.62. The van der Waals surface area contributed by atoms with Gasteiger partial charge in [-0.2, -0.15) is 0 Å². The number of rotatable bonds is 9. The van der Waals surface area contributed by atoms with Crippen molar-refractivity contribution in [1.29, 1.82) is 0 Å². The van der Waals surface area contributed by atoms with Crippen molar-refractivity contribution in [2.75, 3.05) is 6.61 Å². The van der Waals surface area contributed by atoms with Crippen LogP contribution in [0.4, 0.5) is 0 Å². The van der Waals surface area contributed by atoms with Gasteiger partial charge in [0.1, 0.15) is 0 Å². The van der Waals surface area contributed by atoms with E-state index in [1.165, 1.54) is 6.26 Å². The molecule has 0 unspecified atom stereocenters. The lowest BCUT2D eigenvalue weighted by atomic mass is 9.51. The number of carbonyl (C=O) groups is 2. The van der Waals surface area contributed by atoms with Crippen LogP contribution in [-0.2, 0) is 18.4 Å². The summed E-state index contributed by atoms with van der Waals surface area (Å²) in [5.41, 5.74) is -0.792. The number of hydrogen-bond acceptors (Lipinski definition) is 6. The van der Waals surface area contributed by atoms with E-state index in [1.54, 1.807) is 12.1 Å². The molecule has 2 aliphatic carbocycles. The van der Waals surface area contributed by atoms with Crippen molar-refractivity contribution in [3.8, 4) is 0 Å². The fourth-order valence-corrected chi connectivity index (χ4v) is 8.74. The van der Waals surface area contributed by atoms with Gasteiger partial charge in [0.15, 0.2) is 28.2 Å². The lowest BCUT2D eigenvalue weighted by molar-refractivity contribution is -0.189. The van der Waals surface area contributed by atoms with E-state index in [9.17, 15) is 9.59 Å². The van der Waals surface area contributed by atoms with E-state index in [2.05, 4.69) is 86.8 Å². The summed E-state index contributed by atoms with van der Waals surface area (Å²) in [4.78, 5) is 27.7. The molecular weight excluding hydrogens is 537 g/mol. The fraction of sp³-hybridized carbons (Fsp3) is 0.750. The molecule has 0 aliphatic heterocycles. The van der Waals surface area contributed by atoms with Crippen molar-refractivity contribution in [2.24, 2.45) is 23.2 Å². The number of Topliss-reactive ketones (excluding diaryl/α,β-unsaturated/α-hetero) is 1. The molecule has 0 spiro atoms. The molecule has 6 atom stereocenters. The van der Waals surface area contributed by atoms with Crippen molar-refractivity contribution in [3.05, 3.63) is 36.3 Å². The quantitative estimate of drug-likeness (QED) is 0.124. The number of allylic oxidation sites excluding steroid dienone is 2. The molecule has 1 heterocycles. The SMILES string of the molecule is CCOC(=O)[C@@]12CCC=C[C@@H]1[C@H](CC(=O)c1ccco1)[C@@H](O[Si](C)(C)C(C)(C)C)[C@H](O[Si](C)(C)C(C)(C)C)[C@H]2C. The average molecular weight is 591 g/mol. The number of furan rings is 1. The topological polar surface area (TPSA) is 75.0 Å². The van der Waals surface area contributed by atoms with Gasteiger partial charge in [-0.1, -0.05) is 60.6 Å². The molecule has 1 saturated carbocycles. The van der Waals surface area contributed by atoms with E-state index >= 15 is 0 Å². The summed E-state index contributed by atoms with van der Waals surface area (Å²) in [5.74, 6) is -0.534. The number of ketones is 1. The highest BCUT2D eigenvalue weighted by Gasteiger charge is 2.64. The Morgan fingerprint density at radius 3 is 2.08 bits per heavy atom. The van der Waals surface area contributed by atoms with E-state index < -0.39 is 22.0 Å².